The van der Waals surface area contributed by atoms with E-state index in [0.29, 0.717) is 6.42 Å². The van der Waals surface area contributed by atoms with Gasteiger partial charge < -0.3 is 16.2 Å². The van der Waals surface area contributed by atoms with Crippen LogP contribution in [-0.2, 0) is 15.8 Å². The fourth-order valence-corrected chi connectivity index (χ4v) is 1.97. The molecule has 0 saturated heterocycles. The SMILES string of the molecule is CC[C@@H](C)[C@@H](NC(=O)[C@@H](O)c1ccc(C(F)(F)F)cc1)C(N)=O. The molecule has 0 heterocycles. The number of aliphatic hydroxyl groups is 1. The fraction of sp³-hybridized carbons (Fsp3) is 0.467. The number of hydrogen-bond acceptors (Lipinski definition) is 3. The number of hydrogen-bond donors (Lipinski definition) is 3. The highest BCUT2D eigenvalue weighted by Gasteiger charge is 2.31. The molecule has 3 atom stereocenters. The topological polar surface area (TPSA) is 92.4 Å². The van der Waals surface area contributed by atoms with Gasteiger partial charge in [-0.25, -0.2) is 0 Å². The number of alkyl halides is 3. The largest absolute Gasteiger partial charge is 0.416 e. The van der Waals surface area contributed by atoms with Crippen LogP contribution in [0.25, 0.3) is 0 Å². The zero-order chi connectivity index (χ0) is 17.8. The number of primary amides is 1. The Morgan fingerprint density at radius 3 is 2.17 bits per heavy atom. The first-order valence-electron chi connectivity index (χ1n) is 7.02. The van der Waals surface area contributed by atoms with E-state index in [1.807, 2.05) is 0 Å². The van der Waals surface area contributed by atoms with Gasteiger partial charge in [-0.1, -0.05) is 32.4 Å². The van der Waals surface area contributed by atoms with Gasteiger partial charge in [-0.05, 0) is 23.6 Å². The standard InChI is InChI=1S/C15H19F3N2O3/c1-3-8(2)11(13(19)22)20-14(23)12(21)9-4-6-10(7-5-9)15(16,17)18/h4-8,11-12,21H,3H2,1-2H3,(H2,19,22)(H,20,23)/t8-,11-,12+/m1/s1. The van der Waals surface area contributed by atoms with Gasteiger partial charge in [0.05, 0.1) is 5.56 Å². The minimum Gasteiger partial charge on any atom is -0.378 e. The van der Waals surface area contributed by atoms with Crippen LogP contribution in [0.3, 0.4) is 0 Å². The summed E-state index contributed by atoms with van der Waals surface area (Å²) in [7, 11) is 0. The van der Waals surface area contributed by atoms with Crippen LogP contribution >= 0.6 is 0 Å². The predicted octanol–water partition coefficient (Wildman–Crippen LogP) is 1.76. The average Bonchev–Trinajstić information content (AvgIpc) is 2.49. The second kappa shape index (κ2) is 7.45. The van der Waals surface area contributed by atoms with Crippen molar-refractivity contribution in [1.29, 1.82) is 0 Å². The third kappa shape index (κ3) is 4.95. The minimum absolute atomic E-state index is 0.0112. The number of carbonyl (C=O) groups excluding carboxylic acids is 2. The van der Waals surface area contributed by atoms with Gasteiger partial charge >= 0.3 is 6.18 Å². The Morgan fingerprint density at radius 1 is 1.26 bits per heavy atom. The molecule has 0 aliphatic heterocycles. The van der Waals surface area contributed by atoms with Crippen molar-refractivity contribution < 1.29 is 27.9 Å². The molecule has 1 aromatic carbocycles. The Hall–Kier alpha value is -2.09. The van der Waals surface area contributed by atoms with Crippen LogP contribution in [0.4, 0.5) is 13.2 Å². The second-order valence-corrected chi connectivity index (χ2v) is 5.30. The summed E-state index contributed by atoms with van der Waals surface area (Å²) in [6, 6.07) is 2.60. The van der Waals surface area contributed by atoms with E-state index in [9.17, 15) is 27.9 Å². The van der Waals surface area contributed by atoms with E-state index in [-0.39, 0.29) is 11.5 Å². The highest BCUT2D eigenvalue weighted by atomic mass is 19.4. The van der Waals surface area contributed by atoms with E-state index < -0.39 is 35.7 Å². The predicted molar refractivity (Wildman–Crippen MR) is 77.0 cm³/mol. The first-order chi connectivity index (χ1) is 10.6. The van der Waals surface area contributed by atoms with Crippen molar-refractivity contribution in [3.05, 3.63) is 35.4 Å². The number of nitrogens with two attached hydrogens (primary N) is 1. The molecule has 0 bridgehead atoms. The summed E-state index contributed by atoms with van der Waals surface area (Å²) < 4.78 is 37.4. The van der Waals surface area contributed by atoms with Crippen LogP contribution in [0.5, 0.6) is 0 Å². The molecule has 0 unspecified atom stereocenters. The monoisotopic (exact) mass is 332 g/mol. The zero-order valence-corrected chi connectivity index (χ0v) is 12.7. The van der Waals surface area contributed by atoms with Crippen LogP contribution in [0.1, 0.15) is 37.5 Å². The molecule has 5 nitrogen and oxygen atoms in total. The molecule has 1 rings (SSSR count). The molecule has 2 amide bonds. The van der Waals surface area contributed by atoms with Crippen molar-refractivity contribution in [1.82, 2.24) is 5.32 Å². The van der Waals surface area contributed by atoms with Crippen molar-refractivity contribution in [2.45, 2.75) is 38.6 Å². The lowest BCUT2D eigenvalue weighted by atomic mass is 9.98. The van der Waals surface area contributed by atoms with E-state index in [2.05, 4.69) is 5.32 Å². The van der Waals surface area contributed by atoms with E-state index in [4.69, 9.17) is 5.73 Å². The Balaban J connectivity index is 2.85. The third-order valence-electron chi connectivity index (χ3n) is 3.62. The number of amides is 2. The maximum Gasteiger partial charge on any atom is 0.416 e. The Morgan fingerprint density at radius 2 is 1.78 bits per heavy atom. The molecule has 0 saturated carbocycles. The van der Waals surface area contributed by atoms with Gasteiger partial charge in [0.25, 0.3) is 5.91 Å². The van der Waals surface area contributed by atoms with Crippen molar-refractivity contribution in [3.8, 4) is 0 Å². The lowest BCUT2D eigenvalue weighted by Crippen LogP contribution is -2.49. The molecule has 23 heavy (non-hydrogen) atoms. The van der Waals surface area contributed by atoms with Gasteiger partial charge in [-0.15, -0.1) is 0 Å². The highest BCUT2D eigenvalue weighted by Crippen LogP contribution is 2.30. The number of carbonyl (C=O) groups is 2. The molecule has 0 aromatic heterocycles. The fourth-order valence-electron chi connectivity index (χ4n) is 1.97. The first-order valence-corrected chi connectivity index (χ1v) is 7.02. The summed E-state index contributed by atoms with van der Waals surface area (Å²) >= 11 is 0. The van der Waals surface area contributed by atoms with Crippen LogP contribution in [0, 0.1) is 5.92 Å². The molecular weight excluding hydrogens is 313 g/mol. The smallest absolute Gasteiger partial charge is 0.378 e. The lowest BCUT2D eigenvalue weighted by Gasteiger charge is -2.22. The number of nitrogens with one attached hydrogen (secondary N) is 1. The maximum atomic E-state index is 12.5. The molecule has 0 aliphatic carbocycles. The van der Waals surface area contributed by atoms with E-state index in [0.717, 1.165) is 24.3 Å². The van der Waals surface area contributed by atoms with Crippen LogP contribution in [0.15, 0.2) is 24.3 Å². The lowest BCUT2D eigenvalue weighted by molar-refractivity contribution is -0.137. The quantitative estimate of drug-likeness (QED) is 0.741. The molecular formula is C15H19F3N2O3. The molecule has 0 aliphatic rings. The molecule has 4 N–H and O–H groups in total. The van der Waals surface area contributed by atoms with Gasteiger partial charge in [-0.2, -0.15) is 13.2 Å². The van der Waals surface area contributed by atoms with Gasteiger partial charge in [0.1, 0.15) is 6.04 Å². The second-order valence-electron chi connectivity index (χ2n) is 5.30. The number of rotatable bonds is 6. The summed E-state index contributed by atoms with van der Waals surface area (Å²) in [5.41, 5.74) is 4.31. The van der Waals surface area contributed by atoms with Crippen LogP contribution in [0.2, 0.25) is 0 Å². The average molecular weight is 332 g/mol. The summed E-state index contributed by atoms with van der Waals surface area (Å²) in [4.78, 5) is 23.3. The summed E-state index contributed by atoms with van der Waals surface area (Å²) in [5.74, 6) is -1.88. The minimum atomic E-state index is -4.50. The van der Waals surface area contributed by atoms with Crippen molar-refractivity contribution in [2.75, 3.05) is 0 Å². The van der Waals surface area contributed by atoms with Crippen LogP contribution < -0.4 is 11.1 Å². The maximum absolute atomic E-state index is 12.5. The van der Waals surface area contributed by atoms with E-state index >= 15 is 0 Å². The molecule has 8 heteroatoms. The molecule has 0 radical (unpaired) electrons. The van der Waals surface area contributed by atoms with Crippen LogP contribution in [-0.4, -0.2) is 23.0 Å². The Kier molecular flexibility index (Phi) is 6.14. The van der Waals surface area contributed by atoms with Gasteiger partial charge in [0.15, 0.2) is 6.10 Å². The van der Waals surface area contributed by atoms with Gasteiger partial charge in [0, 0.05) is 0 Å². The normalized spacial score (nSPS) is 15.6. The third-order valence-corrected chi connectivity index (χ3v) is 3.62. The number of benzene rings is 1. The molecule has 128 valence electrons. The highest BCUT2D eigenvalue weighted by molar-refractivity contribution is 5.89. The number of halogens is 3. The van der Waals surface area contributed by atoms with E-state index in [1.165, 1.54) is 0 Å². The zero-order valence-electron chi connectivity index (χ0n) is 12.7. The Bertz CT molecular complexity index is 558. The summed E-state index contributed by atoms with van der Waals surface area (Å²) in [5, 5.41) is 12.2. The van der Waals surface area contributed by atoms with Crippen molar-refractivity contribution >= 4 is 11.8 Å². The first kappa shape index (κ1) is 19.0. The summed E-state index contributed by atoms with van der Waals surface area (Å²) in [6.45, 7) is 3.51. The molecule has 0 spiro atoms. The Labute approximate surface area is 131 Å². The van der Waals surface area contributed by atoms with E-state index in [1.54, 1.807) is 13.8 Å². The molecule has 1 aromatic rings. The van der Waals surface area contributed by atoms with Crippen molar-refractivity contribution in [3.63, 3.8) is 0 Å². The number of aliphatic hydroxyl groups excluding tert-OH is 1. The van der Waals surface area contributed by atoms with Crippen molar-refractivity contribution in [2.24, 2.45) is 11.7 Å². The molecule has 0 fully saturated rings. The van der Waals surface area contributed by atoms with Gasteiger partial charge in [-0.3, -0.25) is 9.59 Å². The van der Waals surface area contributed by atoms with Gasteiger partial charge in [0.2, 0.25) is 5.91 Å². The summed E-state index contributed by atoms with van der Waals surface area (Å²) in [6.07, 6.45) is -5.62.